The van der Waals surface area contributed by atoms with Gasteiger partial charge in [0.1, 0.15) is 5.82 Å². The predicted molar refractivity (Wildman–Crippen MR) is 107 cm³/mol. The number of carbonyl (C=O) groups is 1. The van der Waals surface area contributed by atoms with E-state index in [9.17, 15) is 9.90 Å². The zero-order valence-corrected chi connectivity index (χ0v) is 15.9. The summed E-state index contributed by atoms with van der Waals surface area (Å²) in [5.41, 5.74) is 2.65. The molecule has 0 saturated heterocycles. The molecule has 1 aromatic heterocycles. The first-order chi connectivity index (χ1) is 12.8. The van der Waals surface area contributed by atoms with Gasteiger partial charge in [0.05, 0.1) is 11.7 Å². The highest BCUT2D eigenvalue weighted by Gasteiger charge is 2.32. The number of hydrogen-bond donors (Lipinski definition) is 2. The Labute approximate surface area is 159 Å². The molecule has 140 valence electrons. The molecule has 0 aliphatic heterocycles. The zero-order valence-electron chi connectivity index (χ0n) is 15.9. The molecule has 0 spiro atoms. The highest BCUT2D eigenvalue weighted by atomic mass is 16.4. The fourth-order valence-corrected chi connectivity index (χ4v) is 3.11. The second-order valence-corrected chi connectivity index (χ2v) is 7.71. The molecule has 0 unspecified atom stereocenters. The normalized spacial score (nSPS) is 12.6. The lowest BCUT2D eigenvalue weighted by Crippen LogP contribution is -2.37. The van der Waals surface area contributed by atoms with E-state index in [2.05, 4.69) is 17.4 Å². The van der Waals surface area contributed by atoms with Crippen LogP contribution in [0.1, 0.15) is 38.2 Å². The standard InChI is InChI=1S/C22H25N3O2/c1-22(2,3)19(24-21(26)27)20-23-18(17-12-8-5-9-13-17)15-25(20)14-16-10-6-4-7-11-16/h4-13,15,19,24H,14H2,1-3H3,(H,26,27)/t19-/m0/s1. The molecule has 0 aliphatic rings. The Hall–Kier alpha value is -3.08. The van der Waals surface area contributed by atoms with E-state index in [0.29, 0.717) is 12.4 Å². The van der Waals surface area contributed by atoms with Crippen molar-refractivity contribution in [1.82, 2.24) is 14.9 Å². The van der Waals surface area contributed by atoms with Crippen molar-refractivity contribution in [2.45, 2.75) is 33.4 Å². The molecule has 1 heterocycles. The Bertz CT molecular complexity index is 896. The Balaban J connectivity index is 2.08. The van der Waals surface area contributed by atoms with Gasteiger partial charge in [0.25, 0.3) is 0 Å². The third kappa shape index (κ3) is 4.56. The van der Waals surface area contributed by atoms with Crippen LogP contribution in [0.15, 0.2) is 66.9 Å². The van der Waals surface area contributed by atoms with E-state index < -0.39 is 12.1 Å². The van der Waals surface area contributed by atoms with Gasteiger partial charge in [0.2, 0.25) is 0 Å². The van der Waals surface area contributed by atoms with Gasteiger partial charge in [-0.25, -0.2) is 9.78 Å². The lowest BCUT2D eigenvalue weighted by Gasteiger charge is -2.30. The van der Waals surface area contributed by atoms with Gasteiger partial charge in [-0.05, 0) is 11.0 Å². The molecule has 27 heavy (non-hydrogen) atoms. The van der Waals surface area contributed by atoms with E-state index in [1.807, 2.05) is 80.1 Å². The Kier molecular flexibility index (Phi) is 5.31. The third-order valence-electron chi connectivity index (χ3n) is 4.46. The molecule has 0 saturated carbocycles. The zero-order chi connectivity index (χ0) is 19.4. The minimum atomic E-state index is -1.05. The van der Waals surface area contributed by atoms with Gasteiger partial charge in [0, 0.05) is 18.3 Å². The van der Waals surface area contributed by atoms with Gasteiger partial charge in [-0.1, -0.05) is 81.4 Å². The molecule has 2 aromatic carbocycles. The van der Waals surface area contributed by atoms with Crippen LogP contribution in [0.25, 0.3) is 11.3 Å². The minimum absolute atomic E-state index is 0.327. The molecule has 5 heteroatoms. The van der Waals surface area contributed by atoms with Crippen LogP contribution in [0.5, 0.6) is 0 Å². The number of rotatable bonds is 5. The summed E-state index contributed by atoms with van der Waals surface area (Å²) in [6.45, 7) is 6.66. The topological polar surface area (TPSA) is 67.2 Å². The quantitative estimate of drug-likeness (QED) is 0.674. The summed E-state index contributed by atoms with van der Waals surface area (Å²) in [5.74, 6) is 0.715. The van der Waals surface area contributed by atoms with Crippen molar-refractivity contribution in [3.63, 3.8) is 0 Å². The van der Waals surface area contributed by atoms with E-state index in [1.54, 1.807) is 0 Å². The molecular weight excluding hydrogens is 338 g/mol. The third-order valence-corrected chi connectivity index (χ3v) is 4.46. The van der Waals surface area contributed by atoms with Crippen LogP contribution in [0.3, 0.4) is 0 Å². The smallest absolute Gasteiger partial charge is 0.405 e. The lowest BCUT2D eigenvalue weighted by molar-refractivity contribution is 0.172. The van der Waals surface area contributed by atoms with Gasteiger partial charge < -0.3 is 15.0 Å². The number of nitrogens with zero attached hydrogens (tertiary/aromatic N) is 2. The van der Waals surface area contributed by atoms with Gasteiger partial charge in [0.15, 0.2) is 0 Å². The summed E-state index contributed by atoms with van der Waals surface area (Å²) < 4.78 is 2.05. The largest absolute Gasteiger partial charge is 0.465 e. The van der Waals surface area contributed by atoms with Crippen LogP contribution in [0.2, 0.25) is 0 Å². The van der Waals surface area contributed by atoms with Crippen molar-refractivity contribution < 1.29 is 9.90 Å². The average molecular weight is 363 g/mol. The van der Waals surface area contributed by atoms with Crippen LogP contribution in [-0.2, 0) is 6.54 Å². The summed E-state index contributed by atoms with van der Waals surface area (Å²) in [4.78, 5) is 16.3. The Morgan fingerprint density at radius 2 is 1.67 bits per heavy atom. The number of amides is 1. The highest BCUT2D eigenvalue weighted by Crippen LogP contribution is 2.34. The Morgan fingerprint density at radius 1 is 1.07 bits per heavy atom. The van der Waals surface area contributed by atoms with Gasteiger partial charge in [-0.2, -0.15) is 0 Å². The minimum Gasteiger partial charge on any atom is -0.465 e. The summed E-state index contributed by atoms with van der Waals surface area (Å²) in [6.07, 6.45) is 0.949. The summed E-state index contributed by atoms with van der Waals surface area (Å²) in [6, 6.07) is 19.6. The summed E-state index contributed by atoms with van der Waals surface area (Å²) in [7, 11) is 0. The number of nitrogens with one attached hydrogen (secondary N) is 1. The molecule has 3 aromatic rings. The maximum atomic E-state index is 11.4. The van der Waals surface area contributed by atoms with Crippen molar-refractivity contribution in [3.05, 3.63) is 78.2 Å². The number of imidazole rings is 1. The van der Waals surface area contributed by atoms with E-state index in [4.69, 9.17) is 4.98 Å². The SMILES string of the molecule is CC(C)(C)[C@@H](NC(=O)O)c1nc(-c2ccccc2)cn1Cc1ccccc1. The monoisotopic (exact) mass is 363 g/mol. The van der Waals surface area contributed by atoms with Crippen LogP contribution in [-0.4, -0.2) is 20.8 Å². The maximum Gasteiger partial charge on any atom is 0.405 e. The summed E-state index contributed by atoms with van der Waals surface area (Å²) >= 11 is 0. The maximum absolute atomic E-state index is 11.4. The first-order valence-corrected chi connectivity index (χ1v) is 9.00. The number of benzene rings is 2. The van der Waals surface area contributed by atoms with Crippen LogP contribution in [0, 0.1) is 5.41 Å². The van der Waals surface area contributed by atoms with E-state index in [1.165, 1.54) is 0 Å². The van der Waals surface area contributed by atoms with Crippen molar-refractivity contribution >= 4 is 6.09 Å². The van der Waals surface area contributed by atoms with Crippen molar-refractivity contribution in [1.29, 1.82) is 0 Å². The fraction of sp³-hybridized carbons (Fsp3) is 0.273. The van der Waals surface area contributed by atoms with E-state index in [-0.39, 0.29) is 5.41 Å². The first kappa shape index (κ1) is 18.7. The second-order valence-electron chi connectivity index (χ2n) is 7.71. The molecule has 1 amide bonds. The molecule has 0 radical (unpaired) electrons. The van der Waals surface area contributed by atoms with E-state index >= 15 is 0 Å². The molecule has 0 fully saturated rings. The molecule has 0 aliphatic carbocycles. The number of aromatic nitrogens is 2. The van der Waals surface area contributed by atoms with Crippen LogP contribution in [0.4, 0.5) is 4.79 Å². The van der Waals surface area contributed by atoms with Gasteiger partial charge in [-0.15, -0.1) is 0 Å². The molecule has 0 bridgehead atoms. The van der Waals surface area contributed by atoms with E-state index in [0.717, 1.165) is 16.8 Å². The van der Waals surface area contributed by atoms with Gasteiger partial charge >= 0.3 is 6.09 Å². The van der Waals surface area contributed by atoms with Gasteiger partial charge in [-0.3, -0.25) is 0 Å². The fourth-order valence-electron chi connectivity index (χ4n) is 3.11. The molecular formula is C22H25N3O2. The van der Waals surface area contributed by atoms with Crippen molar-refractivity contribution in [3.8, 4) is 11.3 Å². The highest BCUT2D eigenvalue weighted by molar-refractivity contribution is 5.65. The number of hydrogen-bond acceptors (Lipinski definition) is 2. The number of carboxylic acid groups (broad SMARTS) is 1. The lowest BCUT2D eigenvalue weighted by atomic mass is 9.86. The Morgan fingerprint density at radius 3 is 2.22 bits per heavy atom. The second kappa shape index (κ2) is 7.66. The molecule has 1 atom stereocenters. The van der Waals surface area contributed by atoms with Crippen LogP contribution < -0.4 is 5.32 Å². The molecule has 5 nitrogen and oxygen atoms in total. The van der Waals surface area contributed by atoms with Crippen molar-refractivity contribution in [2.24, 2.45) is 5.41 Å². The summed E-state index contributed by atoms with van der Waals surface area (Å²) in [5, 5.41) is 12.0. The van der Waals surface area contributed by atoms with Crippen molar-refractivity contribution in [2.75, 3.05) is 0 Å². The average Bonchev–Trinajstić information content (AvgIpc) is 3.03. The predicted octanol–water partition coefficient (Wildman–Crippen LogP) is 4.95. The molecule has 2 N–H and O–H groups in total. The first-order valence-electron chi connectivity index (χ1n) is 9.00. The van der Waals surface area contributed by atoms with Crippen LogP contribution >= 0.6 is 0 Å². The molecule has 3 rings (SSSR count).